The Kier molecular flexibility index (Phi) is 6.22. The monoisotopic (exact) mass is 482 g/mol. The van der Waals surface area contributed by atoms with E-state index in [9.17, 15) is 17.6 Å². The van der Waals surface area contributed by atoms with E-state index in [0.29, 0.717) is 19.4 Å². The van der Waals surface area contributed by atoms with E-state index < -0.39 is 15.8 Å². The third-order valence-electron chi connectivity index (χ3n) is 6.72. The van der Waals surface area contributed by atoms with E-state index >= 15 is 0 Å². The third-order valence-corrected chi connectivity index (χ3v) is 8.66. The van der Waals surface area contributed by atoms with Crippen molar-refractivity contribution in [3.8, 4) is 5.69 Å². The van der Waals surface area contributed by atoms with Gasteiger partial charge in [0.15, 0.2) is 0 Å². The number of para-hydroxylation sites is 1. The lowest BCUT2D eigenvalue weighted by atomic mass is 9.97. The first-order chi connectivity index (χ1) is 16.4. The molecule has 1 fully saturated rings. The number of hydrogen-bond donors (Lipinski definition) is 1. The van der Waals surface area contributed by atoms with Gasteiger partial charge in [0, 0.05) is 24.7 Å². The molecule has 0 spiro atoms. The summed E-state index contributed by atoms with van der Waals surface area (Å²) >= 11 is 0. The number of hydrogen-bond acceptors (Lipinski definition) is 4. The SMILES string of the molecule is O=C(NCc1nn(-c2ccccc2)c2c1CCC2)C1CCN(S(=O)(=O)c2ccccc2F)CC1. The molecule has 2 aromatic carbocycles. The highest BCUT2D eigenvalue weighted by Gasteiger charge is 2.33. The first-order valence-corrected chi connectivity index (χ1v) is 13.1. The second-order valence-electron chi connectivity index (χ2n) is 8.80. The van der Waals surface area contributed by atoms with Crippen molar-refractivity contribution in [3.05, 3.63) is 77.4 Å². The van der Waals surface area contributed by atoms with E-state index in [-0.39, 0.29) is 29.8 Å². The molecule has 1 aliphatic carbocycles. The summed E-state index contributed by atoms with van der Waals surface area (Å²) in [6.45, 7) is 0.730. The minimum Gasteiger partial charge on any atom is -0.350 e. The van der Waals surface area contributed by atoms with E-state index in [2.05, 4.69) is 5.32 Å². The highest BCUT2D eigenvalue weighted by Crippen LogP contribution is 2.28. The normalized spacial score (nSPS) is 17.0. The number of nitrogens with zero attached hydrogens (tertiary/aromatic N) is 3. The Morgan fingerprint density at radius 2 is 1.74 bits per heavy atom. The average molecular weight is 483 g/mol. The highest BCUT2D eigenvalue weighted by atomic mass is 32.2. The molecule has 1 aromatic heterocycles. The van der Waals surface area contributed by atoms with E-state index in [1.54, 1.807) is 0 Å². The second kappa shape index (κ2) is 9.31. The molecule has 1 aliphatic heterocycles. The number of carbonyl (C=O) groups excluding carboxylic acids is 1. The molecule has 2 heterocycles. The lowest BCUT2D eigenvalue weighted by Crippen LogP contribution is -2.43. The van der Waals surface area contributed by atoms with Crippen molar-refractivity contribution in [2.45, 2.75) is 43.5 Å². The van der Waals surface area contributed by atoms with Crippen molar-refractivity contribution in [2.24, 2.45) is 5.92 Å². The Labute approximate surface area is 198 Å². The quantitative estimate of drug-likeness (QED) is 0.585. The Hall–Kier alpha value is -3.04. The predicted octanol–water partition coefficient (Wildman–Crippen LogP) is 3.22. The van der Waals surface area contributed by atoms with Crippen molar-refractivity contribution in [1.29, 1.82) is 0 Å². The van der Waals surface area contributed by atoms with Crippen LogP contribution in [0, 0.1) is 11.7 Å². The van der Waals surface area contributed by atoms with Gasteiger partial charge in [0.1, 0.15) is 10.7 Å². The van der Waals surface area contributed by atoms with Crippen LogP contribution < -0.4 is 5.32 Å². The number of halogens is 1. The van der Waals surface area contributed by atoms with Gasteiger partial charge in [0.25, 0.3) is 0 Å². The Morgan fingerprint density at radius 3 is 2.47 bits per heavy atom. The van der Waals surface area contributed by atoms with Gasteiger partial charge >= 0.3 is 0 Å². The van der Waals surface area contributed by atoms with Crippen LogP contribution in [-0.4, -0.2) is 41.5 Å². The predicted molar refractivity (Wildman–Crippen MR) is 125 cm³/mol. The van der Waals surface area contributed by atoms with Gasteiger partial charge in [-0.2, -0.15) is 9.40 Å². The molecule has 1 amide bonds. The number of nitrogens with one attached hydrogen (secondary N) is 1. The molecule has 7 nitrogen and oxygen atoms in total. The molecular formula is C25H27FN4O3S. The molecule has 1 saturated heterocycles. The minimum absolute atomic E-state index is 0.0936. The fourth-order valence-corrected chi connectivity index (χ4v) is 6.44. The lowest BCUT2D eigenvalue weighted by molar-refractivity contribution is -0.126. The maximum atomic E-state index is 14.0. The topological polar surface area (TPSA) is 84.3 Å². The minimum atomic E-state index is -3.91. The van der Waals surface area contributed by atoms with Gasteiger partial charge in [-0.25, -0.2) is 17.5 Å². The van der Waals surface area contributed by atoms with Crippen LogP contribution in [0.3, 0.4) is 0 Å². The number of piperidine rings is 1. The summed E-state index contributed by atoms with van der Waals surface area (Å²) in [4.78, 5) is 12.5. The van der Waals surface area contributed by atoms with Gasteiger partial charge in [-0.3, -0.25) is 4.79 Å². The fraction of sp³-hybridized carbons (Fsp3) is 0.360. The number of sulfonamides is 1. The number of benzene rings is 2. The van der Waals surface area contributed by atoms with Crippen molar-refractivity contribution in [1.82, 2.24) is 19.4 Å². The van der Waals surface area contributed by atoms with E-state index in [0.717, 1.165) is 36.7 Å². The Morgan fingerprint density at radius 1 is 1.03 bits per heavy atom. The summed E-state index contributed by atoms with van der Waals surface area (Å²) in [5, 5.41) is 7.80. The van der Waals surface area contributed by atoms with Gasteiger partial charge in [-0.15, -0.1) is 0 Å². The molecule has 0 radical (unpaired) electrons. The van der Waals surface area contributed by atoms with Crippen LogP contribution in [-0.2, 0) is 34.2 Å². The summed E-state index contributed by atoms with van der Waals surface area (Å²) in [6.07, 6.45) is 3.81. The summed E-state index contributed by atoms with van der Waals surface area (Å²) in [7, 11) is -3.91. The largest absolute Gasteiger partial charge is 0.350 e. The maximum absolute atomic E-state index is 14.0. The number of aromatic nitrogens is 2. The zero-order valence-corrected chi connectivity index (χ0v) is 19.6. The van der Waals surface area contributed by atoms with Crippen LogP contribution in [0.25, 0.3) is 5.69 Å². The number of amides is 1. The molecule has 0 bridgehead atoms. The third kappa shape index (κ3) is 4.25. The van der Waals surface area contributed by atoms with Crippen LogP contribution in [0.2, 0.25) is 0 Å². The van der Waals surface area contributed by atoms with Crippen LogP contribution in [0.1, 0.15) is 36.2 Å². The van der Waals surface area contributed by atoms with Crippen LogP contribution in [0.4, 0.5) is 4.39 Å². The smallest absolute Gasteiger partial charge is 0.245 e. The van der Waals surface area contributed by atoms with Gasteiger partial charge < -0.3 is 5.32 Å². The first-order valence-electron chi connectivity index (χ1n) is 11.6. The number of fused-ring (bicyclic) bond motifs is 1. The molecule has 1 N–H and O–H groups in total. The summed E-state index contributed by atoms with van der Waals surface area (Å²) in [6, 6.07) is 15.4. The molecule has 2 aliphatic rings. The van der Waals surface area contributed by atoms with E-state index in [1.165, 1.54) is 33.8 Å². The van der Waals surface area contributed by atoms with Crippen LogP contribution in [0.15, 0.2) is 59.5 Å². The summed E-state index contributed by atoms with van der Waals surface area (Å²) in [5.41, 5.74) is 4.34. The second-order valence-corrected chi connectivity index (χ2v) is 10.7. The van der Waals surface area contributed by atoms with Crippen molar-refractivity contribution in [2.75, 3.05) is 13.1 Å². The molecule has 3 aromatic rings. The van der Waals surface area contributed by atoms with Crippen molar-refractivity contribution < 1.29 is 17.6 Å². The zero-order chi connectivity index (χ0) is 23.7. The summed E-state index contributed by atoms with van der Waals surface area (Å²) in [5.74, 6) is -1.13. The first kappa shape index (κ1) is 22.7. The lowest BCUT2D eigenvalue weighted by Gasteiger charge is -2.30. The van der Waals surface area contributed by atoms with E-state index in [4.69, 9.17) is 5.10 Å². The zero-order valence-electron chi connectivity index (χ0n) is 18.8. The number of rotatable bonds is 6. The molecule has 0 unspecified atom stereocenters. The van der Waals surface area contributed by atoms with E-state index in [1.807, 2.05) is 35.0 Å². The van der Waals surface area contributed by atoms with Crippen LogP contribution >= 0.6 is 0 Å². The number of carbonyl (C=O) groups is 1. The molecule has 0 atom stereocenters. The Bertz CT molecular complexity index is 1300. The molecule has 9 heteroatoms. The maximum Gasteiger partial charge on any atom is 0.245 e. The van der Waals surface area contributed by atoms with Gasteiger partial charge in [-0.1, -0.05) is 30.3 Å². The standard InChI is InChI=1S/C25H27FN4O3S/c26-21-10-4-5-12-24(21)34(32,33)29-15-13-18(14-16-29)25(31)27-17-22-20-9-6-11-23(20)30(28-22)19-7-2-1-3-8-19/h1-5,7-8,10,12,18H,6,9,11,13-17H2,(H,27,31). The van der Waals surface area contributed by atoms with Crippen molar-refractivity contribution in [3.63, 3.8) is 0 Å². The Balaban J connectivity index is 1.21. The summed E-state index contributed by atoms with van der Waals surface area (Å²) < 4.78 is 42.9. The molecular weight excluding hydrogens is 455 g/mol. The molecule has 5 rings (SSSR count). The average Bonchev–Trinajstić information content (AvgIpc) is 3.47. The fourth-order valence-electron chi connectivity index (χ4n) is 4.91. The highest BCUT2D eigenvalue weighted by molar-refractivity contribution is 7.89. The van der Waals surface area contributed by atoms with Gasteiger partial charge in [-0.05, 0) is 61.9 Å². The molecule has 178 valence electrons. The van der Waals surface area contributed by atoms with Crippen LogP contribution in [0.5, 0.6) is 0 Å². The molecule has 0 saturated carbocycles. The molecule has 34 heavy (non-hydrogen) atoms. The van der Waals surface area contributed by atoms with Gasteiger partial charge in [0.05, 0.1) is 17.9 Å². The van der Waals surface area contributed by atoms with Crippen molar-refractivity contribution >= 4 is 15.9 Å². The van der Waals surface area contributed by atoms with Gasteiger partial charge in [0.2, 0.25) is 15.9 Å².